The molecule has 0 unspecified atom stereocenters. The lowest BCUT2D eigenvalue weighted by Gasteiger charge is -2.39. The lowest BCUT2D eigenvalue weighted by atomic mass is 9.74. The maximum atomic E-state index is 14.3. The second kappa shape index (κ2) is 32.6. The van der Waals surface area contributed by atoms with Gasteiger partial charge in [0, 0.05) is 140 Å². The zero-order valence-corrected chi connectivity index (χ0v) is 62.5. The molecule has 12 nitrogen and oxygen atoms in total. The third-order valence-electron chi connectivity index (χ3n) is 21.0. The number of aromatic nitrogens is 3. The predicted octanol–water partition coefficient (Wildman–Crippen LogP) is 19.8. The molecule has 3 spiro atoms. The molecular formula is C82H72Cl7F4N9O3. The number of piperidine rings is 3. The quantitative estimate of drug-likeness (QED) is 0.0872. The molecule has 0 atom stereocenters. The van der Waals surface area contributed by atoms with Gasteiger partial charge in [0.1, 0.15) is 11.0 Å². The number of carbonyl (C=O) groups is 3. The van der Waals surface area contributed by atoms with Gasteiger partial charge in [-0.3, -0.25) is 34.1 Å². The summed E-state index contributed by atoms with van der Waals surface area (Å²) in [5.41, 5.74) is 9.92. The van der Waals surface area contributed by atoms with Crippen molar-refractivity contribution in [2.45, 2.75) is 61.7 Å². The van der Waals surface area contributed by atoms with Crippen LogP contribution in [0, 0.1) is 30.3 Å². The Morgan fingerprint density at radius 1 is 0.410 bits per heavy atom. The molecule has 6 aliphatic rings. The van der Waals surface area contributed by atoms with Gasteiger partial charge in [0.2, 0.25) is 5.95 Å². The van der Waals surface area contributed by atoms with Crippen LogP contribution in [0.5, 0.6) is 0 Å². The van der Waals surface area contributed by atoms with Crippen LogP contribution in [0.2, 0.25) is 35.3 Å². The SMILES string of the molecule is Cc1cc(C(=O)N2CC3(CCN(C/C=C/c4ccc(Cl)cc4Cl)CC3)c3cc(Cl)ccc32)ccn1.O=C(c1ccnc(Cl)c1)N1CC2(CCN(C/C=C/c3ccc(F)c(F)c3)CC2)c2cc(F)ccc21.O=C(c1ccnc(F)c1)N1CC2(CCN(C/C=C/c3ccc(Cl)c(Cl)c3)CC2)c2cc(Cl)ccc21. The zero-order chi connectivity index (χ0) is 73.7. The highest BCUT2D eigenvalue weighted by atomic mass is 35.5. The summed E-state index contributed by atoms with van der Waals surface area (Å²) in [4.78, 5) is 64.4. The summed E-state index contributed by atoms with van der Waals surface area (Å²) in [5, 5.41) is 3.98. The first-order valence-electron chi connectivity index (χ1n) is 34.6. The van der Waals surface area contributed by atoms with E-state index in [0.29, 0.717) is 78.6 Å². The third-order valence-corrected chi connectivity index (χ3v) is 22.9. The predicted molar refractivity (Wildman–Crippen MR) is 415 cm³/mol. The number of hydrogen-bond donors (Lipinski definition) is 0. The number of benzene rings is 6. The van der Waals surface area contributed by atoms with Gasteiger partial charge in [-0.05, 0) is 239 Å². The minimum Gasteiger partial charge on any atom is -0.307 e. The molecule has 0 N–H and O–H groups in total. The number of aryl methyl sites for hydroxylation is 1. The summed E-state index contributed by atoms with van der Waals surface area (Å²) in [5.74, 6) is -3.11. The van der Waals surface area contributed by atoms with Crippen LogP contribution in [-0.2, 0) is 16.2 Å². The topological polar surface area (TPSA) is 109 Å². The molecule has 3 aromatic heterocycles. The minimum atomic E-state index is -0.868. The molecule has 0 bridgehead atoms. The number of carbonyl (C=O) groups excluding carboxylic acids is 3. The minimum absolute atomic E-state index is 0.0150. The number of anilines is 3. The van der Waals surface area contributed by atoms with Gasteiger partial charge >= 0.3 is 0 Å². The molecule has 23 heteroatoms. The Morgan fingerprint density at radius 3 is 1.33 bits per heavy atom. The Kier molecular flexibility index (Phi) is 23.4. The van der Waals surface area contributed by atoms with E-state index < -0.39 is 17.6 Å². The van der Waals surface area contributed by atoms with Crippen LogP contribution in [0.4, 0.5) is 34.6 Å². The van der Waals surface area contributed by atoms with Crippen molar-refractivity contribution in [3.8, 4) is 0 Å². The zero-order valence-electron chi connectivity index (χ0n) is 57.2. The van der Waals surface area contributed by atoms with Gasteiger partial charge in [0.05, 0.1) is 10.0 Å². The maximum absolute atomic E-state index is 14.3. The Bertz CT molecular complexity index is 4660. The number of hydrogen-bond acceptors (Lipinski definition) is 9. The fourth-order valence-corrected chi connectivity index (χ4v) is 16.6. The van der Waals surface area contributed by atoms with Crippen LogP contribution in [-0.4, -0.2) is 126 Å². The number of pyridine rings is 3. The van der Waals surface area contributed by atoms with Crippen molar-refractivity contribution in [2.24, 2.45) is 0 Å². The van der Waals surface area contributed by atoms with Gasteiger partial charge in [0.25, 0.3) is 17.7 Å². The van der Waals surface area contributed by atoms with E-state index in [1.807, 2.05) is 84.6 Å². The van der Waals surface area contributed by atoms with Crippen LogP contribution in [0.3, 0.4) is 0 Å². The van der Waals surface area contributed by atoms with E-state index in [4.69, 9.17) is 81.2 Å². The van der Waals surface area contributed by atoms with Gasteiger partial charge < -0.3 is 14.7 Å². The van der Waals surface area contributed by atoms with E-state index in [1.54, 1.807) is 76.7 Å². The van der Waals surface area contributed by atoms with Crippen LogP contribution < -0.4 is 14.7 Å². The second-order valence-corrected chi connectivity index (χ2v) is 30.5. The monoisotopic (exact) mass is 1550 g/mol. The molecule has 0 saturated carbocycles. The fraction of sp³-hybridized carbons (Fsp3) is 0.268. The average molecular weight is 1560 g/mol. The Hall–Kier alpha value is -7.97. The smallest absolute Gasteiger partial charge is 0.258 e. The molecule has 105 heavy (non-hydrogen) atoms. The normalized spacial score (nSPS) is 17.3. The van der Waals surface area contributed by atoms with Crippen molar-refractivity contribution in [3.05, 3.63) is 297 Å². The van der Waals surface area contributed by atoms with Crippen molar-refractivity contribution < 1.29 is 31.9 Å². The number of amides is 3. The number of fused-ring (bicyclic) bond motifs is 6. The Morgan fingerprint density at radius 2 is 0.848 bits per heavy atom. The fourth-order valence-electron chi connectivity index (χ4n) is 15.3. The van der Waals surface area contributed by atoms with Crippen molar-refractivity contribution in [3.63, 3.8) is 0 Å². The van der Waals surface area contributed by atoms with Crippen molar-refractivity contribution >= 4 is 134 Å². The van der Waals surface area contributed by atoms with E-state index in [1.165, 1.54) is 42.2 Å². The van der Waals surface area contributed by atoms with Crippen LogP contribution >= 0.6 is 81.2 Å². The molecule has 0 radical (unpaired) electrons. The van der Waals surface area contributed by atoms with Crippen molar-refractivity contribution in [1.82, 2.24) is 29.7 Å². The van der Waals surface area contributed by atoms with Gasteiger partial charge in [-0.25, -0.2) is 23.1 Å². The molecule has 3 fully saturated rings. The number of nitrogens with zero attached hydrogens (tertiary/aromatic N) is 9. The Balaban J connectivity index is 0.000000140. The second-order valence-electron chi connectivity index (χ2n) is 27.5. The van der Waals surface area contributed by atoms with Gasteiger partial charge in [0.15, 0.2) is 11.6 Å². The average Bonchev–Trinajstić information content (AvgIpc) is 1.60. The standard InChI is InChI=1S/C28H26Cl3N3O.C27H23Cl3FN3O.C27H23ClF3N3O/c1-19-15-21(8-11-32-19)27(35)34-18-28(24-16-22(29)6-7-26(24)34)9-13-33(14-10-28)12-2-3-20-4-5-23(30)17-25(20)31;28-20-4-6-24-21(16-20)27(17-34(24)26(35)19-7-10-32-25(31)15-19)8-12-33(13-9-27)11-1-2-18-3-5-22(29)23(30)14-18;28-25-15-19(7-10-32-25)26(35)34-17-27(21-16-20(29)4-6-24(21)34)8-12-33(13-9-27)11-1-2-18-3-5-22(30)23(31)14-18/h2-8,11,15-17H,9-10,12-14,18H2,1H3;2*1-7,10,14-16H,8-9,11-13,17H2/b3-2+;2*2-1+. The molecule has 6 aromatic carbocycles. The highest BCUT2D eigenvalue weighted by molar-refractivity contribution is 6.42. The molecule has 540 valence electrons. The van der Waals surface area contributed by atoms with Crippen molar-refractivity contribution in [1.29, 1.82) is 0 Å². The summed E-state index contributed by atoms with van der Waals surface area (Å²) >= 11 is 43.2. The van der Waals surface area contributed by atoms with Crippen LogP contribution in [0.1, 0.15) is 109 Å². The molecule has 0 aliphatic carbocycles. The van der Waals surface area contributed by atoms with E-state index in [0.717, 1.165) is 142 Å². The number of likely N-dealkylation sites (tertiary alicyclic amines) is 3. The largest absolute Gasteiger partial charge is 0.307 e. The van der Waals surface area contributed by atoms with E-state index >= 15 is 0 Å². The van der Waals surface area contributed by atoms with Crippen LogP contribution in [0.15, 0.2) is 182 Å². The summed E-state index contributed by atoms with van der Waals surface area (Å²) in [6.07, 6.45) is 21.8. The number of halogens is 11. The van der Waals surface area contributed by atoms with Crippen LogP contribution in [0.25, 0.3) is 18.2 Å². The van der Waals surface area contributed by atoms with Gasteiger partial charge in [-0.15, -0.1) is 0 Å². The molecule has 9 heterocycles. The summed E-state index contributed by atoms with van der Waals surface area (Å²) in [6, 6.07) is 40.7. The number of rotatable bonds is 12. The first kappa shape index (κ1) is 75.3. The first-order valence-corrected chi connectivity index (χ1v) is 37.2. The first-order chi connectivity index (χ1) is 50.5. The lowest BCUT2D eigenvalue weighted by molar-refractivity contribution is 0.0970. The van der Waals surface area contributed by atoms with Gasteiger partial charge in [-0.1, -0.05) is 136 Å². The summed E-state index contributed by atoms with van der Waals surface area (Å²) < 4.78 is 54.5. The molecule has 9 aromatic rings. The van der Waals surface area contributed by atoms with E-state index in [-0.39, 0.29) is 44.9 Å². The molecule has 3 amide bonds. The third kappa shape index (κ3) is 17.1. The Labute approximate surface area is 643 Å². The molecule has 3 saturated heterocycles. The molecule has 6 aliphatic heterocycles. The van der Waals surface area contributed by atoms with E-state index in [2.05, 4.69) is 47.9 Å². The summed E-state index contributed by atoms with van der Waals surface area (Å²) in [6.45, 7) is 11.1. The summed E-state index contributed by atoms with van der Waals surface area (Å²) in [7, 11) is 0. The lowest BCUT2D eigenvalue weighted by Crippen LogP contribution is -2.46. The maximum Gasteiger partial charge on any atom is 0.258 e. The highest BCUT2D eigenvalue weighted by Gasteiger charge is 2.50. The highest BCUT2D eigenvalue weighted by Crippen LogP contribution is 2.51. The van der Waals surface area contributed by atoms with E-state index in [9.17, 15) is 31.9 Å². The molecule has 15 rings (SSSR count). The molecular weight excluding hydrogens is 1480 g/mol. The van der Waals surface area contributed by atoms with Crippen molar-refractivity contribution in [2.75, 3.05) is 93.2 Å². The van der Waals surface area contributed by atoms with Gasteiger partial charge in [-0.2, -0.15) is 4.39 Å².